The lowest BCUT2D eigenvalue weighted by Crippen LogP contribution is -2.37. The molecule has 0 fully saturated rings. The fourth-order valence-corrected chi connectivity index (χ4v) is 1.57. The molecule has 0 amide bonds. The monoisotopic (exact) mass is 263 g/mol. The molecule has 17 heavy (non-hydrogen) atoms. The van der Waals surface area contributed by atoms with Gasteiger partial charge in [-0.25, -0.2) is 0 Å². The van der Waals surface area contributed by atoms with Gasteiger partial charge in [-0.15, -0.1) is 0 Å². The van der Waals surface area contributed by atoms with E-state index in [4.69, 9.17) is 15.2 Å². The largest absolute Gasteiger partial charge is 0.374 e. The molecule has 3 nitrogen and oxygen atoms in total. The van der Waals surface area contributed by atoms with E-state index < -0.39 is 0 Å². The molecule has 0 aliphatic rings. The van der Waals surface area contributed by atoms with Crippen molar-refractivity contribution in [2.45, 2.75) is 51.7 Å². The fraction of sp³-hybridized carbons (Fsp3) is 1.00. The van der Waals surface area contributed by atoms with E-state index in [1.54, 1.807) is 0 Å². The summed E-state index contributed by atoms with van der Waals surface area (Å²) < 4.78 is 11.7. The van der Waals surface area contributed by atoms with Gasteiger partial charge in [-0.3, -0.25) is 0 Å². The van der Waals surface area contributed by atoms with Gasteiger partial charge in [-0.1, -0.05) is 6.92 Å². The Hall–Kier alpha value is 0.230. The first-order valence-corrected chi connectivity index (χ1v) is 7.75. The van der Waals surface area contributed by atoms with Crippen molar-refractivity contribution in [1.29, 1.82) is 0 Å². The van der Waals surface area contributed by atoms with E-state index in [1.165, 1.54) is 0 Å². The predicted molar refractivity (Wildman–Crippen MR) is 76.7 cm³/mol. The maximum absolute atomic E-state index is 5.94. The normalized spacial score (nSPS) is 15.9. The summed E-state index contributed by atoms with van der Waals surface area (Å²) in [5.41, 5.74) is 5.33. The molecule has 0 aromatic heterocycles. The Balaban J connectivity index is 3.94. The molecule has 0 heterocycles. The van der Waals surface area contributed by atoms with Gasteiger partial charge in [0.05, 0.1) is 24.4 Å². The highest BCUT2D eigenvalue weighted by Gasteiger charge is 2.24. The highest BCUT2D eigenvalue weighted by Crippen LogP contribution is 2.21. The molecule has 0 aliphatic carbocycles. The van der Waals surface area contributed by atoms with Gasteiger partial charge in [-0.05, 0) is 39.9 Å². The van der Waals surface area contributed by atoms with Crippen molar-refractivity contribution in [2.24, 2.45) is 5.73 Å². The predicted octanol–water partition coefficient (Wildman–Crippen LogP) is 2.68. The molecule has 0 aliphatic heterocycles. The van der Waals surface area contributed by atoms with Crippen LogP contribution in [0.2, 0.25) is 0 Å². The van der Waals surface area contributed by atoms with Gasteiger partial charge < -0.3 is 15.2 Å². The fourth-order valence-electron chi connectivity index (χ4n) is 1.32. The molecule has 0 saturated heterocycles. The number of rotatable bonds is 10. The molecule has 0 aromatic carbocycles. The van der Waals surface area contributed by atoms with Crippen molar-refractivity contribution in [3.05, 3.63) is 0 Å². The van der Waals surface area contributed by atoms with Crippen LogP contribution in [0, 0.1) is 0 Å². The summed E-state index contributed by atoms with van der Waals surface area (Å²) in [5.74, 6) is 1.05. The zero-order valence-electron chi connectivity index (χ0n) is 12.0. The van der Waals surface area contributed by atoms with Crippen LogP contribution < -0.4 is 5.73 Å². The Kier molecular flexibility index (Phi) is 8.47. The van der Waals surface area contributed by atoms with Crippen LogP contribution in [-0.4, -0.2) is 43.0 Å². The molecule has 1 atom stereocenters. The number of ether oxygens (including phenoxy) is 2. The maximum Gasteiger partial charge on any atom is 0.0748 e. The van der Waals surface area contributed by atoms with Gasteiger partial charge in [0.2, 0.25) is 0 Å². The Morgan fingerprint density at radius 2 is 1.76 bits per heavy atom. The van der Waals surface area contributed by atoms with Gasteiger partial charge in [0, 0.05) is 12.3 Å². The van der Waals surface area contributed by atoms with E-state index in [2.05, 4.69) is 20.1 Å². The van der Waals surface area contributed by atoms with E-state index in [-0.39, 0.29) is 11.2 Å². The highest BCUT2D eigenvalue weighted by atomic mass is 32.2. The Labute approximate surface area is 111 Å². The molecule has 0 saturated carbocycles. The minimum atomic E-state index is -0.228. The van der Waals surface area contributed by atoms with Crippen LogP contribution in [0.25, 0.3) is 0 Å². The second-order valence-electron chi connectivity index (χ2n) is 5.21. The van der Waals surface area contributed by atoms with Gasteiger partial charge in [-0.2, -0.15) is 11.8 Å². The summed E-state index contributed by atoms with van der Waals surface area (Å²) in [4.78, 5) is 0. The standard InChI is InChI=1S/C13H29NO2S/c1-6-13(4,16-9-10-17-5)7-8-15-12(2,3)11-14/h6-11,14H2,1-5H3. The van der Waals surface area contributed by atoms with Gasteiger partial charge in [0.1, 0.15) is 0 Å². The van der Waals surface area contributed by atoms with E-state index in [1.807, 2.05) is 25.6 Å². The first-order valence-electron chi connectivity index (χ1n) is 6.36. The van der Waals surface area contributed by atoms with E-state index in [0.29, 0.717) is 13.2 Å². The van der Waals surface area contributed by atoms with Crippen LogP contribution in [0.3, 0.4) is 0 Å². The van der Waals surface area contributed by atoms with Crippen molar-refractivity contribution < 1.29 is 9.47 Å². The summed E-state index contributed by atoms with van der Waals surface area (Å²) in [6, 6.07) is 0. The molecule has 0 spiro atoms. The van der Waals surface area contributed by atoms with Gasteiger partial charge in [0.25, 0.3) is 0 Å². The van der Waals surface area contributed by atoms with Crippen LogP contribution in [0.5, 0.6) is 0 Å². The smallest absolute Gasteiger partial charge is 0.0748 e. The lowest BCUT2D eigenvalue weighted by atomic mass is 9.99. The average Bonchev–Trinajstić information content (AvgIpc) is 2.29. The lowest BCUT2D eigenvalue weighted by Gasteiger charge is -2.31. The van der Waals surface area contributed by atoms with E-state index in [0.717, 1.165) is 25.2 Å². The molecular weight excluding hydrogens is 234 g/mol. The first-order chi connectivity index (χ1) is 7.89. The zero-order chi connectivity index (χ0) is 13.4. The first kappa shape index (κ1) is 17.2. The molecule has 1 unspecified atom stereocenters. The van der Waals surface area contributed by atoms with E-state index >= 15 is 0 Å². The number of hydrogen-bond donors (Lipinski definition) is 1. The summed E-state index contributed by atoms with van der Waals surface area (Å²) in [6.07, 6.45) is 4.02. The SMILES string of the molecule is CCC(C)(CCOC(C)(C)CN)OCCSC. The lowest BCUT2D eigenvalue weighted by molar-refractivity contribution is -0.0750. The Morgan fingerprint density at radius 1 is 1.12 bits per heavy atom. The molecule has 104 valence electrons. The summed E-state index contributed by atoms with van der Waals surface area (Å²) in [6.45, 7) is 10.4. The van der Waals surface area contributed by atoms with Crippen LogP contribution in [0.15, 0.2) is 0 Å². The van der Waals surface area contributed by atoms with E-state index in [9.17, 15) is 0 Å². The molecule has 4 heteroatoms. The quantitative estimate of drug-likeness (QED) is 0.616. The molecule has 0 bridgehead atoms. The highest BCUT2D eigenvalue weighted by molar-refractivity contribution is 7.98. The molecule has 0 aromatic rings. The minimum absolute atomic E-state index is 0.0690. The third-order valence-electron chi connectivity index (χ3n) is 3.10. The zero-order valence-corrected chi connectivity index (χ0v) is 12.9. The third-order valence-corrected chi connectivity index (χ3v) is 3.68. The molecular formula is C13H29NO2S. The molecule has 2 N–H and O–H groups in total. The summed E-state index contributed by atoms with van der Waals surface area (Å²) >= 11 is 1.81. The van der Waals surface area contributed by atoms with Crippen LogP contribution in [0.1, 0.15) is 40.5 Å². The summed E-state index contributed by atoms with van der Waals surface area (Å²) in [7, 11) is 0. The second kappa shape index (κ2) is 8.35. The third kappa shape index (κ3) is 8.03. The van der Waals surface area contributed by atoms with Crippen molar-refractivity contribution in [2.75, 3.05) is 31.8 Å². The Morgan fingerprint density at radius 3 is 2.24 bits per heavy atom. The summed E-state index contributed by atoms with van der Waals surface area (Å²) in [5, 5.41) is 0. The van der Waals surface area contributed by atoms with Crippen LogP contribution >= 0.6 is 11.8 Å². The van der Waals surface area contributed by atoms with Crippen molar-refractivity contribution >= 4 is 11.8 Å². The number of nitrogens with two attached hydrogens (primary N) is 1. The number of thioether (sulfide) groups is 1. The van der Waals surface area contributed by atoms with Crippen LogP contribution in [-0.2, 0) is 9.47 Å². The van der Waals surface area contributed by atoms with Crippen molar-refractivity contribution in [1.82, 2.24) is 0 Å². The van der Waals surface area contributed by atoms with Gasteiger partial charge >= 0.3 is 0 Å². The average molecular weight is 263 g/mol. The topological polar surface area (TPSA) is 44.5 Å². The Bertz CT molecular complexity index is 200. The van der Waals surface area contributed by atoms with Crippen molar-refractivity contribution in [3.8, 4) is 0 Å². The molecule has 0 radical (unpaired) electrons. The maximum atomic E-state index is 5.94. The molecule has 0 rings (SSSR count). The van der Waals surface area contributed by atoms with Gasteiger partial charge in [0.15, 0.2) is 0 Å². The number of hydrogen-bond acceptors (Lipinski definition) is 4. The van der Waals surface area contributed by atoms with Crippen molar-refractivity contribution in [3.63, 3.8) is 0 Å². The van der Waals surface area contributed by atoms with Crippen LogP contribution in [0.4, 0.5) is 0 Å². The minimum Gasteiger partial charge on any atom is -0.374 e. The second-order valence-corrected chi connectivity index (χ2v) is 6.19.